The number of aromatic nitrogens is 1. The van der Waals surface area contributed by atoms with Gasteiger partial charge >= 0.3 is 5.97 Å². The number of nitriles is 1. The standard InChI is InChI=1S/C14H21N3O2/c1-4-19-14(18)6-5-7-16-10-12-8-13(9-15)17(3)11(12)2/h8,16H,4-7,10H2,1-3H3. The monoisotopic (exact) mass is 263 g/mol. The molecule has 0 fully saturated rings. The summed E-state index contributed by atoms with van der Waals surface area (Å²) in [5.74, 6) is -0.146. The maximum atomic E-state index is 11.1. The first-order chi connectivity index (χ1) is 9.10. The van der Waals surface area contributed by atoms with Crippen LogP contribution in [0, 0.1) is 18.3 Å². The second kappa shape index (κ2) is 7.59. The lowest BCUT2D eigenvalue weighted by molar-refractivity contribution is -0.143. The van der Waals surface area contributed by atoms with Crippen LogP contribution in [0.2, 0.25) is 0 Å². The van der Waals surface area contributed by atoms with Crippen LogP contribution >= 0.6 is 0 Å². The predicted molar refractivity (Wildman–Crippen MR) is 72.4 cm³/mol. The maximum Gasteiger partial charge on any atom is 0.305 e. The number of esters is 1. The summed E-state index contributed by atoms with van der Waals surface area (Å²) in [6.07, 6.45) is 1.20. The molecule has 5 nitrogen and oxygen atoms in total. The van der Waals surface area contributed by atoms with Crippen molar-refractivity contribution in [2.75, 3.05) is 13.2 Å². The molecule has 1 heterocycles. The first kappa shape index (κ1) is 15.3. The summed E-state index contributed by atoms with van der Waals surface area (Å²) in [4.78, 5) is 11.1. The van der Waals surface area contributed by atoms with Crippen LogP contribution in [-0.2, 0) is 23.1 Å². The van der Waals surface area contributed by atoms with Gasteiger partial charge in [0.25, 0.3) is 0 Å². The number of nitrogens with zero attached hydrogens (tertiary/aromatic N) is 2. The highest BCUT2D eigenvalue weighted by atomic mass is 16.5. The molecule has 0 saturated carbocycles. The Morgan fingerprint density at radius 3 is 2.89 bits per heavy atom. The number of carbonyl (C=O) groups excluding carboxylic acids is 1. The minimum Gasteiger partial charge on any atom is -0.466 e. The van der Waals surface area contributed by atoms with Crippen molar-refractivity contribution in [3.05, 3.63) is 23.0 Å². The lowest BCUT2D eigenvalue weighted by atomic mass is 10.2. The Kier molecular flexibility index (Phi) is 6.10. The van der Waals surface area contributed by atoms with Crippen LogP contribution in [0.5, 0.6) is 0 Å². The van der Waals surface area contributed by atoms with E-state index in [-0.39, 0.29) is 5.97 Å². The van der Waals surface area contributed by atoms with E-state index in [1.165, 1.54) is 0 Å². The van der Waals surface area contributed by atoms with Gasteiger partial charge in [0.2, 0.25) is 0 Å². The molecular formula is C14H21N3O2. The second-order valence-corrected chi connectivity index (χ2v) is 4.40. The lowest BCUT2D eigenvalue weighted by Crippen LogP contribution is -2.16. The van der Waals surface area contributed by atoms with Gasteiger partial charge in [-0.25, -0.2) is 0 Å². The van der Waals surface area contributed by atoms with E-state index in [2.05, 4.69) is 11.4 Å². The van der Waals surface area contributed by atoms with E-state index in [9.17, 15) is 4.79 Å². The molecule has 0 amide bonds. The topological polar surface area (TPSA) is 67.0 Å². The molecule has 5 heteroatoms. The molecule has 19 heavy (non-hydrogen) atoms. The molecular weight excluding hydrogens is 242 g/mol. The smallest absolute Gasteiger partial charge is 0.305 e. The molecule has 0 bridgehead atoms. The van der Waals surface area contributed by atoms with Crippen molar-refractivity contribution in [3.63, 3.8) is 0 Å². The molecule has 0 spiro atoms. The molecule has 0 aliphatic carbocycles. The van der Waals surface area contributed by atoms with Crippen LogP contribution in [0.25, 0.3) is 0 Å². The van der Waals surface area contributed by atoms with E-state index in [4.69, 9.17) is 10.00 Å². The third-order valence-electron chi connectivity index (χ3n) is 3.11. The maximum absolute atomic E-state index is 11.1. The largest absolute Gasteiger partial charge is 0.466 e. The minimum atomic E-state index is -0.146. The Morgan fingerprint density at radius 2 is 2.32 bits per heavy atom. The number of rotatable bonds is 7. The molecule has 0 aliphatic rings. The molecule has 0 unspecified atom stereocenters. The van der Waals surface area contributed by atoms with Crippen LogP contribution in [0.1, 0.15) is 36.7 Å². The summed E-state index contributed by atoms with van der Waals surface area (Å²) >= 11 is 0. The predicted octanol–water partition coefficient (Wildman–Crippen LogP) is 1.64. The van der Waals surface area contributed by atoms with Gasteiger partial charge in [-0.05, 0) is 38.4 Å². The number of hydrogen-bond donors (Lipinski definition) is 1. The van der Waals surface area contributed by atoms with E-state index < -0.39 is 0 Å². The molecule has 0 aromatic carbocycles. The van der Waals surface area contributed by atoms with E-state index in [1.54, 1.807) is 6.92 Å². The van der Waals surface area contributed by atoms with E-state index in [1.807, 2.05) is 24.6 Å². The summed E-state index contributed by atoms with van der Waals surface area (Å²) in [5, 5.41) is 12.2. The highest BCUT2D eigenvalue weighted by Crippen LogP contribution is 2.12. The van der Waals surface area contributed by atoms with Gasteiger partial charge in [-0.1, -0.05) is 0 Å². The van der Waals surface area contributed by atoms with Crippen LogP contribution in [0.4, 0.5) is 0 Å². The summed E-state index contributed by atoms with van der Waals surface area (Å²) in [7, 11) is 1.89. The summed E-state index contributed by atoms with van der Waals surface area (Å²) in [6.45, 7) is 5.71. The van der Waals surface area contributed by atoms with Crippen molar-refractivity contribution in [2.24, 2.45) is 7.05 Å². The number of carbonyl (C=O) groups is 1. The zero-order valence-corrected chi connectivity index (χ0v) is 11.8. The Morgan fingerprint density at radius 1 is 1.58 bits per heavy atom. The Bertz CT molecular complexity index is 472. The van der Waals surface area contributed by atoms with Crippen molar-refractivity contribution >= 4 is 5.97 Å². The van der Waals surface area contributed by atoms with Crippen molar-refractivity contribution in [3.8, 4) is 6.07 Å². The molecule has 0 atom stereocenters. The summed E-state index contributed by atoms with van der Waals surface area (Å²) in [5.41, 5.74) is 2.88. The molecule has 104 valence electrons. The Hall–Kier alpha value is -1.80. The first-order valence-corrected chi connectivity index (χ1v) is 6.51. The van der Waals surface area contributed by atoms with Gasteiger partial charge in [-0.15, -0.1) is 0 Å². The van der Waals surface area contributed by atoms with E-state index >= 15 is 0 Å². The molecule has 0 radical (unpaired) electrons. The van der Waals surface area contributed by atoms with Gasteiger partial charge in [-0.2, -0.15) is 5.26 Å². The van der Waals surface area contributed by atoms with Crippen molar-refractivity contribution in [1.82, 2.24) is 9.88 Å². The van der Waals surface area contributed by atoms with Crippen LogP contribution in [-0.4, -0.2) is 23.7 Å². The van der Waals surface area contributed by atoms with Crippen molar-refractivity contribution < 1.29 is 9.53 Å². The molecule has 0 aliphatic heterocycles. The third-order valence-corrected chi connectivity index (χ3v) is 3.11. The van der Waals surface area contributed by atoms with Gasteiger partial charge in [-0.3, -0.25) is 4.79 Å². The normalized spacial score (nSPS) is 10.2. The lowest BCUT2D eigenvalue weighted by Gasteiger charge is -2.05. The summed E-state index contributed by atoms with van der Waals surface area (Å²) < 4.78 is 6.74. The molecule has 1 rings (SSSR count). The van der Waals surface area contributed by atoms with Gasteiger partial charge in [0, 0.05) is 25.7 Å². The fraction of sp³-hybridized carbons (Fsp3) is 0.571. The quantitative estimate of drug-likeness (QED) is 0.600. The fourth-order valence-electron chi connectivity index (χ4n) is 1.86. The first-order valence-electron chi connectivity index (χ1n) is 6.51. The van der Waals surface area contributed by atoms with Crippen LogP contribution < -0.4 is 5.32 Å². The van der Waals surface area contributed by atoms with Gasteiger partial charge in [0.1, 0.15) is 11.8 Å². The number of nitrogens with one attached hydrogen (secondary N) is 1. The average Bonchev–Trinajstić information content (AvgIpc) is 2.66. The van der Waals surface area contributed by atoms with Crippen molar-refractivity contribution in [1.29, 1.82) is 5.26 Å². The highest BCUT2D eigenvalue weighted by Gasteiger charge is 2.08. The van der Waals surface area contributed by atoms with Gasteiger partial charge in [0.15, 0.2) is 0 Å². The number of ether oxygens (including phenoxy) is 1. The van der Waals surface area contributed by atoms with Crippen molar-refractivity contribution in [2.45, 2.75) is 33.2 Å². The second-order valence-electron chi connectivity index (χ2n) is 4.40. The van der Waals surface area contributed by atoms with Gasteiger partial charge < -0.3 is 14.6 Å². The Balaban J connectivity index is 2.31. The van der Waals surface area contributed by atoms with Gasteiger partial charge in [0.05, 0.1) is 6.61 Å². The number of hydrogen-bond acceptors (Lipinski definition) is 4. The van der Waals surface area contributed by atoms with Crippen LogP contribution in [0.15, 0.2) is 6.07 Å². The zero-order chi connectivity index (χ0) is 14.3. The average molecular weight is 263 g/mol. The zero-order valence-electron chi connectivity index (χ0n) is 11.8. The fourth-order valence-corrected chi connectivity index (χ4v) is 1.86. The van der Waals surface area contributed by atoms with E-state index in [0.29, 0.717) is 25.3 Å². The summed E-state index contributed by atoms with van der Waals surface area (Å²) in [6, 6.07) is 4.06. The molecule has 1 N–H and O–H groups in total. The third kappa shape index (κ3) is 4.42. The Labute approximate surface area is 114 Å². The highest BCUT2D eigenvalue weighted by molar-refractivity contribution is 5.69. The molecule has 0 saturated heterocycles. The van der Waals surface area contributed by atoms with E-state index in [0.717, 1.165) is 24.2 Å². The molecule has 1 aromatic rings. The van der Waals surface area contributed by atoms with Crippen LogP contribution in [0.3, 0.4) is 0 Å². The SMILES string of the molecule is CCOC(=O)CCCNCc1cc(C#N)n(C)c1C. The minimum absolute atomic E-state index is 0.146. The molecule has 1 aromatic heterocycles.